The highest BCUT2D eigenvalue weighted by Gasteiger charge is 2.24. The number of hydrogen-bond acceptors (Lipinski definition) is 3. The largest absolute Gasteiger partial charge is 0.456 e. The molecule has 0 N–H and O–H groups in total. The van der Waals surface area contributed by atoms with E-state index in [9.17, 15) is 0 Å². The maximum absolute atomic E-state index is 5.04. The third-order valence-electron chi connectivity index (χ3n) is 0.989. The van der Waals surface area contributed by atoms with Crippen molar-refractivity contribution in [1.82, 2.24) is 0 Å². The Bertz CT molecular complexity index is 70.9. The summed E-state index contributed by atoms with van der Waals surface area (Å²) >= 11 is 0. The van der Waals surface area contributed by atoms with Crippen LogP contribution in [0, 0.1) is 0 Å². The van der Waals surface area contributed by atoms with Crippen LogP contribution >= 0.6 is 0 Å². The summed E-state index contributed by atoms with van der Waals surface area (Å²) < 4.78 is 14.8. The average molecular weight is 112 g/mol. The summed E-state index contributed by atoms with van der Waals surface area (Å²) in [6.45, 7) is 3.69. The Morgan fingerprint density at radius 2 is 1.62 bits per heavy atom. The van der Waals surface area contributed by atoms with Gasteiger partial charge in [-0.3, -0.25) is 0 Å². The molecular formula is C2H7B3O3. The van der Waals surface area contributed by atoms with E-state index >= 15 is 0 Å². The van der Waals surface area contributed by atoms with Gasteiger partial charge in [-0.1, -0.05) is 0 Å². The van der Waals surface area contributed by atoms with Crippen LogP contribution in [0.5, 0.6) is 0 Å². The molecule has 42 valence electrons. The molecule has 1 aliphatic heterocycles. The first-order chi connectivity index (χ1) is 3.79. The minimum Gasteiger partial charge on any atom is -0.456 e. The molecule has 8 heavy (non-hydrogen) atoms. The van der Waals surface area contributed by atoms with Crippen molar-refractivity contribution in [2.75, 3.05) is 0 Å². The van der Waals surface area contributed by atoms with Gasteiger partial charge < -0.3 is 13.7 Å². The van der Waals surface area contributed by atoms with Gasteiger partial charge in [0.15, 0.2) is 0 Å². The molecule has 1 heterocycles. The molecule has 0 atom stereocenters. The minimum absolute atomic E-state index is 0.112. The molecule has 0 amide bonds. The zero-order chi connectivity index (χ0) is 5.98. The predicted molar refractivity (Wildman–Crippen MR) is 33.6 cm³/mol. The Morgan fingerprint density at radius 1 is 1.12 bits per heavy atom. The average Bonchev–Trinajstić information content (AvgIpc) is 1.64. The molecule has 1 fully saturated rings. The van der Waals surface area contributed by atoms with Gasteiger partial charge >= 0.3 is 21.9 Å². The van der Waals surface area contributed by atoms with Gasteiger partial charge in [-0.2, -0.15) is 0 Å². The second-order valence-corrected chi connectivity index (χ2v) is 1.72. The standard InChI is InChI=1S/C2H7B3O3/c1-4-6-3-7-5(2)8-4/h3H,1-2H3. The van der Waals surface area contributed by atoms with Crippen LogP contribution in [-0.2, 0) is 13.7 Å². The molecule has 0 aromatic heterocycles. The third-order valence-corrected chi connectivity index (χ3v) is 0.989. The molecule has 1 saturated heterocycles. The molecule has 0 spiro atoms. The Kier molecular flexibility index (Phi) is 1.99. The molecule has 1 aliphatic rings. The van der Waals surface area contributed by atoms with Crippen molar-refractivity contribution in [3.8, 4) is 0 Å². The summed E-state index contributed by atoms with van der Waals surface area (Å²) in [6.07, 6.45) is 0. The van der Waals surface area contributed by atoms with E-state index in [1.54, 1.807) is 0 Å². The third kappa shape index (κ3) is 1.54. The quantitative estimate of drug-likeness (QED) is 0.397. The predicted octanol–water partition coefficient (Wildman–Crippen LogP) is -0.448. The van der Waals surface area contributed by atoms with Crippen LogP contribution in [0.25, 0.3) is 0 Å². The van der Waals surface area contributed by atoms with Gasteiger partial charge in [0.25, 0.3) is 0 Å². The van der Waals surface area contributed by atoms with Gasteiger partial charge in [0, 0.05) is 0 Å². The first kappa shape index (κ1) is 6.20. The lowest BCUT2D eigenvalue weighted by Crippen LogP contribution is -2.38. The van der Waals surface area contributed by atoms with Crippen molar-refractivity contribution in [2.24, 2.45) is 0 Å². The minimum atomic E-state index is -0.112. The van der Waals surface area contributed by atoms with E-state index < -0.39 is 0 Å². The Hall–Kier alpha value is 0.0748. The van der Waals surface area contributed by atoms with Crippen LogP contribution in [0.2, 0.25) is 13.6 Å². The van der Waals surface area contributed by atoms with E-state index in [1.165, 1.54) is 0 Å². The molecular weight excluding hydrogens is 104 g/mol. The van der Waals surface area contributed by atoms with Crippen LogP contribution in [0.15, 0.2) is 0 Å². The fourth-order valence-corrected chi connectivity index (χ4v) is 0.579. The van der Waals surface area contributed by atoms with Crippen molar-refractivity contribution in [2.45, 2.75) is 13.6 Å². The van der Waals surface area contributed by atoms with Gasteiger partial charge in [0.1, 0.15) is 0 Å². The topological polar surface area (TPSA) is 27.7 Å². The van der Waals surface area contributed by atoms with E-state index in [1.807, 2.05) is 13.6 Å². The highest BCUT2D eigenvalue weighted by atomic mass is 16.7. The highest BCUT2D eigenvalue weighted by molar-refractivity contribution is 6.66. The molecule has 0 saturated carbocycles. The van der Waals surface area contributed by atoms with Gasteiger partial charge in [0.2, 0.25) is 0 Å². The van der Waals surface area contributed by atoms with E-state index in [2.05, 4.69) is 0 Å². The van der Waals surface area contributed by atoms with Gasteiger partial charge in [-0.05, 0) is 13.6 Å². The number of rotatable bonds is 0. The molecule has 1 rings (SSSR count). The Morgan fingerprint density at radius 3 is 1.88 bits per heavy atom. The van der Waals surface area contributed by atoms with E-state index in [-0.39, 0.29) is 14.2 Å². The molecule has 0 aliphatic carbocycles. The molecule has 3 nitrogen and oxygen atoms in total. The fraction of sp³-hybridized carbons (Fsp3) is 1.00. The monoisotopic (exact) mass is 112 g/mol. The molecule has 6 heteroatoms. The maximum Gasteiger partial charge on any atom is 0.425 e. The Labute approximate surface area is 50.3 Å². The van der Waals surface area contributed by atoms with Crippen molar-refractivity contribution in [1.29, 1.82) is 0 Å². The van der Waals surface area contributed by atoms with Crippen LogP contribution in [-0.4, -0.2) is 21.9 Å². The second-order valence-electron chi connectivity index (χ2n) is 1.72. The maximum atomic E-state index is 5.04. The van der Waals surface area contributed by atoms with E-state index in [4.69, 9.17) is 13.7 Å². The van der Waals surface area contributed by atoms with Crippen molar-refractivity contribution < 1.29 is 13.7 Å². The fourth-order valence-electron chi connectivity index (χ4n) is 0.579. The zero-order valence-corrected chi connectivity index (χ0v) is 5.09. The SMILES string of the molecule is CB1OBOB(C)O1. The summed E-state index contributed by atoms with van der Waals surface area (Å²) in [4.78, 5) is 0. The van der Waals surface area contributed by atoms with E-state index in [0.29, 0.717) is 7.69 Å². The molecule has 0 unspecified atom stereocenters. The van der Waals surface area contributed by atoms with Gasteiger partial charge in [0.05, 0.1) is 0 Å². The van der Waals surface area contributed by atoms with Crippen molar-refractivity contribution in [3.05, 3.63) is 0 Å². The first-order valence-electron chi connectivity index (χ1n) is 2.67. The molecule has 0 aromatic rings. The summed E-state index contributed by atoms with van der Waals surface area (Å²) in [5.74, 6) is 0. The lowest BCUT2D eigenvalue weighted by atomic mass is 9.80. The van der Waals surface area contributed by atoms with Crippen molar-refractivity contribution in [3.63, 3.8) is 0 Å². The van der Waals surface area contributed by atoms with Crippen molar-refractivity contribution >= 4 is 21.9 Å². The van der Waals surface area contributed by atoms with E-state index in [0.717, 1.165) is 0 Å². The summed E-state index contributed by atoms with van der Waals surface area (Å²) in [6, 6.07) is 0. The first-order valence-corrected chi connectivity index (χ1v) is 2.67. The second kappa shape index (κ2) is 2.57. The van der Waals surface area contributed by atoms with Crippen LogP contribution in [0.4, 0.5) is 0 Å². The van der Waals surface area contributed by atoms with Crippen LogP contribution < -0.4 is 0 Å². The summed E-state index contributed by atoms with van der Waals surface area (Å²) in [5, 5.41) is 0. The highest BCUT2D eigenvalue weighted by Crippen LogP contribution is 1.99. The normalized spacial score (nSPS) is 20.8. The lowest BCUT2D eigenvalue weighted by Gasteiger charge is -2.20. The van der Waals surface area contributed by atoms with Gasteiger partial charge in [-0.15, -0.1) is 0 Å². The molecule has 0 bridgehead atoms. The molecule has 0 radical (unpaired) electrons. The van der Waals surface area contributed by atoms with Gasteiger partial charge in [-0.25, -0.2) is 0 Å². The lowest BCUT2D eigenvalue weighted by molar-refractivity contribution is 0.311. The Balaban J connectivity index is 2.23. The zero-order valence-electron chi connectivity index (χ0n) is 5.09. The molecule has 0 aromatic carbocycles. The van der Waals surface area contributed by atoms with Crippen LogP contribution in [0.1, 0.15) is 0 Å². The summed E-state index contributed by atoms with van der Waals surface area (Å²) in [5.41, 5.74) is 0. The smallest absolute Gasteiger partial charge is 0.425 e. The van der Waals surface area contributed by atoms with Crippen LogP contribution in [0.3, 0.4) is 0 Å². The number of hydrogen-bond donors (Lipinski definition) is 0. The summed E-state index contributed by atoms with van der Waals surface area (Å²) in [7, 11) is 0.125.